The highest BCUT2D eigenvalue weighted by molar-refractivity contribution is 7.91. The summed E-state index contributed by atoms with van der Waals surface area (Å²) in [7, 11) is -1.97. The lowest BCUT2D eigenvalue weighted by Crippen LogP contribution is -2.51. The Balaban J connectivity index is 1.61. The Morgan fingerprint density at radius 2 is 1.82 bits per heavy atom. The van der Waals surface area contributed by atoms with E-state index in [1.165, 1.54) is 0 Å². The lowest BCUT2D eigenvalue weighted by molar-refractivity contribution is -0.132. The standard InChI is InChI=1S/C24H31ClN2O5S/c1-24(2,3)32-23(29)27-12-5-6-20(16-27)26(4)22(28)11-13-33(30,31)21-10-8-17-14-19(25)9-7-18(17)15-21/h7-10,14-15,20H,5-6,11-13,16H2,1-4H3. The molecule has 1 aliphatic heterocycles. The fourth-order valence-electron chi connectivity index (χ4n) is 3.87. The van der Waals surface area contributed by atoms with Crippen molar-refractivity contribution in [2.45, 2.75) is 56.6 Å². The Bertz CT molecular complexity index is 1140. The van der Waals surface area contributed by atoms with E-state index in [9.17, 15) is 18.0 Å². The number of piperidine rings is 1. The number of carbonyl (C=O) groups excluding carboxylic acids is 2. The van der Waals surface area contributed by atoms with Crippen LogP contribution in [-0.4, -0.2) is 67.8 Å². The second kappa shape index (κ2) is 9.89. The molecule has 2 aromatic carbocycles. The van der Waals surface area contributed by atoms with Crippen molar-refractivity contribution in [2.24, 2.45) is 0 Å². The third kappa shape index (κ3) is 6.60. The van der Waals surface area contributed by atoms with Crippen LogP contribution in [0.4, 0.5) is 4.79 Å². The van der Waals surface area contributed by atoms with E-state index in [0.717, 1.165) is 23.6 Å². The molecule has 0 radical (unpaired) electrons. The fraction of sp³-hybridized carbons (Fsp3) is 0.500. The molecule has 1 atom stereocenters. The summed E-state index contributed by atoms with van der Waals surface area (Å²) in [5, 5.41) is 2.21. The predicted octanol–water partition coefficient (Wildman–Crippen LogP) is 4.51. The first-order chi connectivity index (χ1) is 15.4. The van der Waals surface area contributed by atoms with Crippen molar-refractivity contribution in [3.8, 4) is 0 Å². The van der Waals surface area contributed by atoms with Gasteiger partial charge in [0.25, 0.3) is 0 Å². The molecule has 0 N–H and O–H groups in total. The summed E-state index contributed by atoms with van der Waals surface area (Å²) in [5.41, 5.74) is -0.588. The van der Waals surface area contributed by atoms with E-state index in [2.05, 4.69) is 0 Å². The average Bonchev–Trinajstić information content (AvgIpc) is 2.75. The molecule has 0 aliphatic carbocycles. The van der Waals surface area contributed by atoms with Crippen molar-refractivity contribution in [2.75, 3.05) is 25.9 Å². The molecule has 1 aliphatic rings. The van der Waals surface area contributed by atoms with E-state index in [4.69, 9.17) is 16.3 Å². The molecular formula is C24H31ClN2O5S. The Kier molecular flexibility index (Phi) is 7.59. The molecule has 0 spiro atoms. The van der Waals surface area contributed by atoms with Crippen LogP contribution in [0.25, 0.3) is 10.8 Å². The molecular weight excluding hydrogens is 464 g/mol. The number of carbonyl (C=O) groups is 2. The molecule has 0 aromatic heterocycles. The highest BCUT2D eigenvalue weighted by atomic mass is 35.5. The van der Waals surface area contributed by atoms with E-state index in [-0.39, 0.29) is 29.0 Å². The molecule has 33 heavy (non-hydrogen) atoms. The monoisotopic (exact) mass is 494 g/mol. The molecule has 1 heterocycles. The van der Waals surface area contributed by atoms with Crippen LogP contribution in [0.15, 0.2) is 41.3 Å². The van der Waals surface area contributed by atoms with Gasteiger partial charge in [0.15, 0.2) is 9.84 Å². The van der Waals surface area contributed by atoms with Crippen molar-refractivity contribution >= 4 is 44.2 Å². The molecule has 9 heteroatoms. The Morgan fingerprint density at radius 1 is 1.15 bits per heavy atom. The summed E-state index contributed by atoms with van der Waals surface area (Å²) in [6.45, 7) is 6.39. The average molecular weight is 495 g/mol. The van der Waals surface area contributed by atoms with Crippen LogP contribution in [0.2, 0.25) is 5.02 Å². The molecule has 180 valence electrons. The highest BCUT2D eigenvalue weighted by Gasteiger charge is 2.31. The van der Waals surface area contributed by atoms with Crippen LogP contribution in [0.3, 0.4) is 0 Å². The van der Waals surface area contributed by atoms with Gasteiger partial charge in [-0.25, -0.2) is 13.2 Å². The van der Waals surface area contributed by atoms with Gasteiger partial charge in [0.05, 0.1) is 10.6 Å². The summed E-state index contributed by atoms with van der Waals surface area (Å²) in [6, 6.07) is 9.95. The molecule has 1 fully saturated rings. The summed E-state index contributed by atoms with van der Waals surface area (Å²) in [5.74, 6) is -0.542. The van der Waals surface area contributed by atoms with Gasteiger partial charge in [0.2, 0.25) is 5.91 Å². The lowest BCUT2D eigenvalue weighted by atomic mass is 10.0. The molecule has 2 amide bonds. The third-order valence-electron chi connectivity index (χ3n) is 5.71. The maximum atomic E-state index is 12.9. The van der Waals surface area contributed by atoms with E-state index in [1.54, 1.807) is 53.2 Å². The first-order valence-corrected chi connectivity index (χ1v) is 13.0. The Hall–Kier alpha value is -2.32. The van der Waals surface area contributed by atoms with Gasteiger partial charge in [0, 0.05) is 37.6 Å². The lowest BCUT2D eigenvalue weighted by Gasteiger charge is -2.38. The van der Waals surface area contributed by atoms with E-state index < -0.39 is 21.5 Å². The van der Waals surface area contributed by atoms with E-state index in [1.807, 2.05) is 20.8 Å². The number of likely N-dealkylation sites (tertiary alicyclic amines) is 1. The topological polar surface area (TPSA) is 84.0 Å². The van der Waals surface area contributed by atoms with Gasteiger partial charge in [-0.15, -0.1) is 0 Å². The van der Waals surface area contributed by atoms with Crippen molar-refractivity contribution in [1.29, 1.82) is 0 Å². The maximum Gasteiger partial charge on any atom is 0.410 e. The number of ether oxygens (including phenoxy) is 1. The maximum absolute atomic E-state index is 12.9. The number of benzene rings is 2. The number of nitrogens with zero attached hydrogens (tertiary/aromatic N) is 2. The van der Waals surface area contributed by atoms with Gasteiger partial charge in [0.1, 0.15) is 5.60 Å². The molecule has 3 rings (SSSR count). The number of halogens is 1. The largest absolute Gasteiger partial charge is 0.444 e. The number of rotatable bonds is 5. The number of sulfone groups is 1. The third-order valence-corrected chi connectivity index (χ3v) is 7.66. The van der Waals surface area contributed by atoms with Gasteiger partial charge >= 0.3 is 6.09 Å². The van der Waals surface area contributed by atoms with Crippen LogP contribution in [0.5, 0.6) is 0 Å². The fourth-order valence-corrected chi connectivity index (χ4v) is 5.31. The zero-order valence-corrected chi connectivity index (χ0v) is 21.1. The molecule has 1 unspecified atom stereocenters. The minimum absolute atomic E-state index is 0.125. The second-order valence-corrected chi connectivity index (χ2v) is 12.0. The number of amides is 2. The molecule has 0 bridgehead atoms. The number of hydrogen-bond donors (Lipinski definition) is 0. The zero-order valence-electron chi connectivity index (χ0n) is 19.5. The van der Waals surface area contributed by atoms with Crippen molar-refractivity contribution in [3.63, 3.8) is 0 Å². The molecule has 1 saturated heterocycles. The minimum Gasteiger partial charge on any atom is -0.444 e. The van der Waals surface area contributed by atoms with Crippen LogP contribution in [0, 0.1) is 0 Å². The van der Waals surface area contributed by atoms with Crippen LogP contribution < -0.4 is 0 Å². The van der Waals surface area contributed by atoms with Crippen molar-refractivity contribution in [3.05, 3.63) is 41.4 Å². The number of hydrogen-bond acceptors (Lipinski definition) is 5. The van der Waals surface area contributed by atoms with Gasteiger partial charge in [-0.3, -0.25) is 4.79 Å². The normalized spacial score (nSPS) is 17.1. The molecule has 7 nitrogen and oxygen atoms in total. The van der Waals surface area contributed by atoms with Crippen LogP contribution >= 0.6 is 11.6 Å². The van der Waals surface area contributed by atoms with Gasteiger partial charge in [-0.05, 0) is 68.7 Å². The van der Waals surface area contributed by atoms with Crippen molar-refractivity contribution < 1.29 is 22.7 Å². The smallest absolute Gasteiger partial charge is 0.410 e. The number of fused-ring (bicyclic) bond motifs is 1. The first kappa shape index (κ1) is 25.3. The number of likely N-dealkylation sites (N-methyl/N-ethyl adjacent to an activating group) is 1. The SMILES string of the molecule is CN(C(=O)CCS(=O)(=O)c1ccc2cc(Cl)ccc2c1)C1CCCN(C(=O)OC(C)(C)C)C1. The Morgan fingerprint density at radius 3 is 2.52 bits per heavy atom. The first-order valence-electron chi connectivity index (χ1n) is 11.0. The second-order valence-electron chi connectivity index (χ2n) is 9.45. The van der Waals surface area contributed by atoms with E-state index in [0.29, 0.717) is 18.1 Å². The molecule has 2 aromatic rings. The minimum atomic E-state index is -3.63. The summed E-state index contributed by atoms with van der Waals surface area (Å²) < 4.78 is 31.1. The predicted molar refractivity (Wildman–Crippen MR) is 129 cm³/mol. The van der Waals surface area contributed by atoms with Crippen LogP contribution in [0.1, 0.15) is 40.0 Å². The van der Waals surface area contributed by atoms with E-state index >= 15 is 0 Å². The van der Waals surface area contributed by atoms with Crippen molar-refractivity contribution in [1.82, 2.24) is 9.80 Å². The summed E-state index contributed by atoms with van der Waals surface area (Å²) >= 11 is 5.99. The quantitative estimate of drug-likeness (QED) is 0.610. The highest BCUT2D eigenvalue weighted by Crippen LogP contribution is 2.24. The van der Waals surface area contributed by atoms with Gasteiger partial charge in [-0.1, -0.05) is 23.7 Å². The van der Waals surface area contributed by atoms with Gasteiger partial charge in [-0.2, -0.15) is 0 Å². The Labute approximate surface area is 200 Å². The van der Waals surface area contributed by atoms with Gasteiger partial charge < -0.3 is 14.5 Å². The zero-order chi connectivity index (χ0) is 24.4. The summed E-state index contributed by atoms with van der Waals surface area (Å²) in [4.78, 5) is 28.5. The summed E-state index contributed by atoms with van der Waals surface area (Å²) in [6.07, 6.45) is 0.983. The molecule has 0 saturated carbocycles. The van der Waals surface area contributed by atoms with Crippen LogP contribution in [-0.2, 0) is 19.4 Å².